The second-order valence-electron chi connectivity index (χ2n) is 2.73. The molecule has 3 nitrogen and oxygen atoms in total. The number of nitrogens with two attached hydrogens (primary N) is 1. The maximum absolute atomic E-state index is 5.85. The Kier molecular flexibility index (Phi) is 5.66. The van der Waals surface area contributed by atoms with Crippen molar-refractivity contribution in [1.29, 1.82) is 0 Å². The maximum atomic E-state index is 5.85. The van der Waals surface area contributed by atoms with Crippen LogP contribution in [0.4, 0.5) is 0 Å². The number of methoxy groups -OCH3 is 1. The smallest absolute Gasteiger partial charge is 0.108 e. The lowest BCUT2D eigenvalue weighted by Crippen LogP contribution is -2.31. The first-order valence-electron chi connectivity index (χ1n) is 4.32. The fourth-order valence-corrected chi connectivity index (χ4v) is 3.64. The van der Waals surface area contributed by atoms with Crippen molar-refractivity contribution in [3.63, 3.8) is 0 Å². The highest BCUT2D eigenvalue weighted by atomic mass is 32.2. The van der Waals surface area contributed by atoms with Gasteiger partial charge >= 0.3 is 0 Å². The number of ether oxygens (including phenoxy) is 1. The number of rotatable bonds is 4. The van der Waals surface area contributed by atoms with Crippen molar-refractivity contribution in [2.45, 2.75) is 5.25 Å². The Hall–Kier alpha value is 0.130. The van der Waals surface area contributed by atoms with Gasteiger partial charge in [0.2, 0.25) is 0 Å². The minimum Gasteiger partial charge on any atom is -0.387 e. The summed E-state index contributed by atoms with van der Waals surface area (Å²) in [6.45, 7) is 1.34. The quantitative estimate of drug-likeness (QED) is 0.433. The highest BCUT2D eigenvalue weighted by molar-refractivity contribution is 8.07. The molecule has 1 aliphatic heterocycles. The van der Waals surface area contributed by atoms with Crippen molar-refractivity contribution >= 4 is 29.4 Å². The van der Waals surface area contributed by atoms with E-state index in [2.05, 4.69) is 4.99 Å². The van der Waals surface area contributed by atoms with Crippen LogP contribution in [0.1, 0.15) is 0 Å². The van der Waals surface area contributed by atoms with Crippen LogP contribution in [0.5, 0.6) is 0 Å². The molecule has 1 atom stereocenters. The number of hydrogen-bond acceptors (Lipinski definition) is 4. The third kappa shape index (κ3) is 4.24. The number of hydrogen-bond donors (Lipinski definition) is 1. The van der Waals surface area contributed by atoms with E-state index in [9.17, 15) is 0 Å². The minimum atomic E-state index is 0.426. The van der Waals surface area contributed by atoms with Gasteiger partial charge in [0.15, 0.2) is 0 Å². The average molecular weight is 220 g/mol. The summed E-state index contributed by atoms with van der Waals surface area (Å²) in [6, 6.07) is 0. The molecule has 0 radical (unpaired) electrons. The van der Waals surface area contributed by atoms with Crippen molar-refractivity contribution in [3.8, 4) is 0 Å². The molecule has 76 valence electrons. The molecule has 13 heavy (non-hydrogen) atoms. The van der Waals surface area contributed by atoms with E-state index in [-0.39, 0.29) is 0 Å². The lowest BCUT2D eigenvalue weighted by molar-refractivity contribution is 0.208. The molecule has 0 aromatic heterocycles. The highest BCUT2D eigenvalue weighted by Crippen LogP contribution is 2.23. The van der Waals surface area contributed by atoms with Crippen LogP contribution in [0, 0.1) is 0 Å². The monoisotopic (exact) mass is 220 g/mol. The molecule has 0 amide bonds. The van der Waals surface area contributed by atoms with Crippen LogP contribution in [-0.4, -0.2) is 48.6 Å². The van der Waals surface area contributed by atoms with E-state index in [1.54, 1.807) is 7.11 Å². The zero-order valence-electron chi connectivity index (χ0n) is 7.86. The van der Waals surface area contributed by atoms with Crippen LogP contribution in [-0.2, 0) is 4.74 Å². The summed E-state index contributed by atoms with van der Waals surface area (Å²) in [4.78, 5) is 4.27. The summed E-state index contributed by atoms with van der Waals surface area (Å²) in [5, 5.41) is 0.426. The fourth-order valence-electron chi connectivity index (χ4n) is 1.03. The number of nitrogens with zero attached hydrogens (tertiary/aromatic N) is 1. The SMILES string of the molecule is COCCN=C(N)C1CSCCS1. The van der Waals surface area contributed by atoms with Gasteiger partial charge < -0.3 is 10.5 Å². The van der Waals surface area contributed by atoms with Crippen molar-refractivity contribution in [1.82, 2.24) is 0 Å². The lowest BCUT2D eigenvalue weighted by Gasteiger charge is -2.20. The summed E-state index contributed by atoms with van der Waals surface area (Å²) in [5.41, 5.74) is 5.85. The van der Waals surface area contributed by atoms with Crippen LogP contribution >= 0.6 is 23.5 Å². The molecule has 0 spiro atoms. The Morgan fingerprint density at radius 2 is 2.46 bits per heavy atom. The molecule has 0 bridgehead atoms. The number of thioether (sulfide) groups is 2. The zero-order chi connectivity index (χ0) is 9.52. The van der Waals surface area contributed by atoms with Crippen LogP contribution < -0.4 is 5.73 Å². The van der Waals surface area contributed by atoms with Gasteiger partial charge in [0.25, 0.3) is 0 Å². The molecule has 0 aromatic carbocycles. The van der Waals surface area contributed by atoms with E-state index < -0.39 is 0 Å². The van der Waals surface area contributed by atoms with Gasteiger partial charge in [0, 0.05) is 24.4 Å². The van der Waals surface area contributed by atoms with Crippen molar-refractivity contribution in [2.24, 2.45) is 10.7 Å². The van der Waals surface area contributed by atoms with E-state index in [4.69, 9.17) is 10.5 Å². The molecule has 5 heteroatoms. The first kappa shape index (κ1) is 11.2. The summed E-state index contributed by atoms with van der Waals surface area (Å²) >= 11 is 3.87. The molecule has 1 heterocycles. The average Bonchev–Trinajstić information content (AvgIpc) is 2.19. The molecule has 1 fully saturated rings. The minimum absolute atomic E-state index is 0.426. The Morgan fingerprint density at radius 3 is 3.08 bits per heavy atom. The van der Waals surface area contributed by atoms with Crippen LogP contribution in [0.3, 0.4) is 0 Å². The zero-order valence-corrected chi connectivity index (χ0v) is 9.50. The summed E-state index contributed by atoms with van der Waals surface area (Å²) in [7, 11) is 1.68. The van der Waals surface area contributed by atoms with Crippen molar-refractivity contribution in [2.75, 3.05) is 37.5 Å². The van der Waals surface area contributed by atoms with Gasteiger partial charge in [-0.1, -0.05) is 0 Å². The highest BCUT2D eigenvalue weighted by Gasteiger charge is 2.17. The van der Waals surface area contributed by atoms with E-state index in [1.165, 1.54) is 11.5 Å². The molecule has 1 saturated heterocycles. The van der Waals surface area contributed by atoms with Gasteiger partial charge in [-0.2, -0.15) is 11.8 Å². The van der Waals surface area contributed by atoms with Crippen LogP contribution in [0.2, 0.25) is 0 Å². The molecule has 1 aliphatic rings. The Labute approximate surface area is 87.9 Å². The van der Waals surface area contributed by atoms with Gasteiger partial charge in [-0.3, -0.25) is 4.99 Å². The fraction of sp³-hybridized carbons (Fsp3) is 0.875. The van der Waals surface area contributed by atoms with Gasteiger partial charge in [-0.15, -0.1) is 11.8 Å². The normalized spacial score (nSPS) is 24.7. The van der Waals surface area contributed by atoms with Crippen LogP contribution in [0.25, 0.3) is 0 Å². The molecule has 0 aromatic rings. The predicted octanol–water partition coefficient (Wildman–Crippen LogP) is 0.839. The van der Waals surface area contributed by atoms with Gasteiger partial charge in [-0.25, -0.2) is 0 Å². The first-order chi connectivity index (χ1) is 6.34. The lowest BCUT2D eigenvalue weighted by atomic mass is 10.4. The molecular formula is C8H16N2OS2. The maximum Gasteiger partial charge on any atom is 0.108 e. The second-order valence-corrected chi connectivity index (χ2v) is 5.19. The summed E-state index contributed by atoms with van der Waals surface area (Å²) in [6.07, 6.45) is 0. The van der Waals surface area contributed by atoms with Crippen molar-refractivity contribution < 1.29 is 4.74 Å². The molecule has 2 N–H and O–H groups in total. The standard InChI is InChI=1S/C8H16N2OS2/c1-11-3-2-10-8(9)7-6-12-4-5-13-7/h7H,2-6H2,1H3,(H2,9,10). The van der Waals surface area contributed by atoms with Gasteiger partial charge in [0.05, 0.1) is 18.4 Å². The van der Waals surface area contributed by atoms with Gasteiger partial charge in [-0.05, 0) is 0 Å². The topological polar surface area (TPSA) is 47.6 Å². The number of amidine groups is 1. The summed E-state index contributed by atoms with van der Waals surface area (Å²) in [5.74, 6) is 4.32. The molecule has 1 unspecified atom stereocenters. The Balaban J connectivity index is 2.27. The van der Waals surface area contributed by atoms with E-state index in [1.807, 2.05) is 23.5 Å². The largest absolute Gasteiger partial charge is 0.387 e. The Bertz CT molecular complexity index is 170. The van der Waals surface area contributed by atoms with Crippen molar-refractivity contribution in [3.05, 3.63) is 0 Å². The second kappa shape index (κ2) is 6.56. The summed E-state index contributed by atoms with van der Waals surface area (Å²) < 4.78 is 4.90. The molecule has 0 saturated carbocycles. The third-order valence-corrected chi connectivity index (χ3v) is 4.52. The molecular weight excluding hydrogens is 204 g/mol. The van der Waals surface area contributed by atoms with E-state index in [0.717, 1.165) is 11.6 Å². The third-order valence-electron chi connectivity index (χ3n) is 1.74. The Morgan fingerprint density at radius 1 is 1.62 bits per heavy atom. The van der Waals surface area contributed by atoms with Crippen LogP contribution in [0.15, 0.2) is 4.99 Å². The predicted molar refractivity (Wildman–Crippen MR) is 61.9 cm³/mol. The molecule has 0 aliphatic carbocycles. The van der Waals surface area contributed by atoms with Gasteiger partial charge in [0.1, 0.15) is 5.84 Å². The first-order valence-corrected chi connectivity index (χ1v) is 6.53. The van der Waals surface area contributed by atoms with E-state index in [0.29, 0.717) is 18.4 Å². The molecule has 1 rings (SSSR count). The number of aliphatic imine (C=N–C) groups is 1. The van der Waals surface area contributed by atoms with E-state index >= 15 is 0 Å².